The first-order chi connectivity index (χ1) is 29.1. The Bertz CT molecular complexity index is 2420. The topological polar surface area (TPSA) is 166 Å². The Morgan fingerprint density at radius 2 is 1.75 bits per heavy atom. The number of aliphatic hydroxyl groups is 1. The summed E-state index contributed by atoms with van der Waals surface area (Å²) in [5.41, 5.74) is 4.22. The quantitative estimate of drug-likeness (QED) is 0.0647. The van der Waals surface area contributed by atoms with Crippen LogP contribution in [-0.2, 0) is 27.9 Å². The fourth-order valence-corrected chi connectivity index (χ4v) is 11.6. The molecular weight excluding hydrogens is 785 g/mol. The van der Waals surface area contributed by atoms with Crippen LogP contribution >= 0.6 is 0 Å². The number of hydrogen-bond donors (Lipinski definition) is 5. The van der Waals surface area contributed by atoms with Gasteiger partial charge >= 0.3 is 5.97 Å². The van der Waals surface area contributed by atoms with Crippen molar-refractivity contribution in [2.24, 2.45) is 11.3 Å². The lowest BCUT2D eigenvalue weighted by molar-refractivity contribution is -0.166. The second kappa shape index (κ2) is 17.0. The highest BCUT2D eigenvalue weighted by Crippen LogP contribution is 2.58. The van der Waals surface area contributed by atoms with Crippen molar-refractivity contribution in [1.29, 1.82) is 0 Å². The molecule has 2 aromatic heterocycles. The Labute approximate surface area is 359 Å². The van der Waals surface area contributed by atoms with Crippen molar-refractivity contribution in [3.63, 3.8) is 0 Å². The molecule has 12 nitrogen and oxygen atoms in total. The predicted octanol–water partition coefficient (Wildman–Crippen LogP) is 8.34. The fraction of sp³-hybridized carbons (Fsp3) is 0.542. The molecule has 1 saturated heterocycles. The van der Waals surface area contributed by atoms with Gasteiger partial charge in [-0.25, -0.2) is 9.48 Å². The van der Waals surface area contributed by atoms with Crippen LogP contribution in [0.1, 0.15) is 113 Å². The van der Waals surface area contributed by atoms with Gasteiger partial charge in [0.25, 0.3) is 0 Å². The molecule has 1 unspecified atom stereocenters. The minimum Gasteiger partial charge on any atom is -0.506 e. The SMILES string of the molecule is CC(C)(C)[Si](C)(C)O[C@@H](CNCc1ccc2c(c1)nnn2CCCN1CCC2(CC1)CC(c1ccccc1C(O)(C(=O)O)C1CCCC1)C2)c1ccc(O)c2[nH]c(=O)ccc12. The number of aliphatic carboxylic acids is 1. The lowest BCUT2D eigenvalue weighted by atomic mass is 9.55. The molecule has 8 rings (SSSR count). The number of piperidine rings is 1. The van der Waals surface area contributed by atoms with Crippen molar-refractivity contribution in [3.8, 4) is 5.75 Å². The highest BCUT2D eigenvalue weighted by Gasteiger charge is 2.52. The smallest absolute Gasteiger partial charge is 0.340 e. The number of aromatic nitrogens is 4. The van der Waals surface area contributed by atoms with Gasteiger partial charge in [0.1, 0.15) is 11.3 Å². The second-order valence-corrected chi connectivity index (χ2v) is 24.6. The van der Waals surface area contributed by atoms with E-state index in [-0.39, 0.29) is 28.4 Å². The number of likely N-dealkylation sites (tertiary alicyclic amines) is 1. The first-order valence-corrected chi connectivity index (χ1v) is 25.3. The number of hydrogen-bond acceptors (Lipinski definition) is 9. The molecule has 3 aliphatic rings. The molecule has 2 atom stereocenters. The summed E-state index contributed by atoms with van der Waals surface area (Å²) in [5, 5.41) is 46.0. The van der Waals surface area contributed by atoms with E-state index in [4.69, 9.17) is 4.43 Å². The van der Waals surface area contributed by atoms with E-state index < -0.39 is 19.9 Å². The van der Waals surface area contributed by atoms with Gasteiger partial charge in [-0.2, -0.15) is 0 Å². The van der Waals surface area contributed by atoms with Gasteiger partial charge < -0.3 is 34.9 Å². The number of carbonyl (C=O) groups is 1. The van der Waals surface area contributed by atoms with Crippen LogP contribution in [0.25, 0.3) is 21.9 Å². The monoisotopic (exact) mass is 848 g/mol. The van der Waals surface area contributed by atoms with Gasteiger partial charge in [-0.1, -0.05) is 75.2 Å². The van der Waals surface area contributed by atoms with E-state index in [1.54, 1.807) is 12.1 Å². The van der Waals surface area contributed by atoms with Crippen molar-refractivity contribution in [3.05, 3.63) is 99.3 Å². The summed E-state index contributed by atoms with van der Waals surface area (Å²) in [6.07, 6.45) is 8.58. The standard InChI is InChI=1S/C48H64N6O6Si/c1-46(2,3)61(4,5)60-42(36-16-19-41(55)44-37(36)17-20-43(56)50-44)31-49-30-32-15-18-40-39(27-32)51-52-54(40)24-10-23-53-25-21-47(22-26-53)28-33(29-47)35-13-8-9-14-38(35)48(59,45(57)58)34-11-6-7-12-34/h8-9,13-20,27,33-34,42,49,55,59H,6-7,10-12,21-26,28-31H2,1-5H3,(H,50,56)(H,57,58)/t42-,48?/m0/s1. The number of phenolic OH excluding ortho intramolecular Hbond substituents is 1. The molecule has 0 amide bonds. The molecule has 5 aromatic rings. The van der Waals surface area contributed by atoms with E-state index in [2.05, 4.69) is 83.6 Å². The largest absolute Gasteiger partial charge is 0.506 e. The van der Waals surface area contributed by atoms with Crippen LogP contribution in [0.2, 0.25) is 18.1 Å². The zero-order valence-corrected chi connectivity index (χ0v) is 37.5. The number of aryl methyl sites for hydroxylation is 1. The van der Waals surface area contributed by atoms with E-state index in [1.807, 2.05) is 28.9 Å². The van der Waals surface area contributed by atoms with E-state index >= 15 is 0 Å². The molecule has 3 heterocycles. The molecular formula is C48H64N6O6Si. The maximum atomic E-state index is 12.6. The van der Waals surface area contributed by atoms with Gasteiger partial charge in [0.2, 0.25) is 5.56 Å². The maximum absolute atomic E-state index is 12.6. The number of carboxylic acids is 1. The molecule has 2 saturated carbocycles. The summed E-state index contributed by atoms with van der Waals surface area (Å²) in [5.74, 6) is -1.00. The number of benzene rings is 3. The van der Waals surface area contributed by atoms with Gasteiger partial charge in [-0.15, -0.1) is 5.10 Å². The average molecular weight is 849 g/mol. The number of H-pyrrole nitrogens is 1. The molecule has 13 heteroatoms. The third-order valence-corrected chi connectivity index (χ3v) is 19.4. The van der Waals surface area contributed by atoms with E-state index in [0.717, 1.165) is 117 Å². The van der Waals surface area contributed by atoms with E-state index in [1.165, 1.54) is 6.07 Å². The lowest BCUT2D eigenvalue weighted by Crippen LogP contribution is -2.48. The summed E-state index contributed by atoms with van der Waals surface area (Å²) in [6, 6.07) is 20.9. The number of pyridine rings is 1. The first-order valence-electron chi connectivity index (χ1n) is 22.4. The van der Waals surface area contributed by atoms with Gasteiger partial charge in [-0.3, -0.25) is 4.79 Å². The van der Waals surface area contributed by atoms with Gasteiger partial charge in [0.05, 0.1) is 17.1 Å². The number of rotatable bonds is 15. The predicted molar refractivity (Wildman–Crippen MR) is 241 cm³/mol. The van der Waals surface area contributed by atoms with Crippen LogP contribution in [0.4, 0.5) is 0 Å². The average Bonchev–Trinajstić information content (AvgIpc) is 3.91. The second-order valence-electron chi connectivity index (χ2n) is 19.9. The Hall–Kier alpha value is -4.40. The molecule has 5 N–H and O–H groups in total. The summed E-state index contributed by atoms with van der Waals surface area (Å²) in [6.45, 7) is 16.2. The Balaban J connectivity index is 0.838. The zero-order chi connectivity index (χ0) is 43.2. The third kappa shape index (κ3) is 8.69. The molecule has 61 heavy (non-hydrogen) atoms. The molecule has 3 aromatic carbocycles. The maximum Gasteiger partial charge on any atom is 0.340 e. The number of aromatic hydroxyl groups is 1. The molecule has 326 valence electrons. The molecule has 1 spiro atoms. The third-order valence-electron chi connectivity index (χ3n) is 14.9. The Kier molecular flexibility index (Phi) is 12.1. The molecule has 0 bridgehead atoms. The van der Waals surface area contributed by atoms with Gasteiger partial charge in [0.15, 0.2) is 13.9 Å². The number of nitrogens with one attached hydrogen (secondary N) is 2. The minimum absolute atomic E-state index is 0.00825. The Morgan fingerprint density at radius 3 is 2.48 bits per heavy atom. The van der Waals surface area contributed by atoms with Crippen molar-refractivity contribution in [2.75, 3.05) is 26.2 Å². The molecule has 3 fully saturated rings. The number of aromatic amines is 1. The van der Waals surface area contributed by atoms with Crippen molar-refractivity contribution < 1.29 is 24.5 Å². The lowest BCUT2D eigenvalue weighted by Gasteiger charge is -2.53. The molecule has 0 radical (unpaired) electrons. The van der Waals surface area contributed by atoms with Crippen LogP contribution in [0.5, 0.6) is 5.75 Å². The van der Waals surface area contributed by atoms with Gasteiger partial charge in [-0.05, 0) is 141 Å². The number of fused-ring (bicyclic) bond motifs is 2. The van der Waals surface area contributed by atoms with Crippen LogP contribution in [-0.4, -0.2) is 80.7 Å². The van der Waals surface area contributed by atoms with Crippen LogP contribution in [0.3, 0.4) is 0 Å². The van der Waals surface area contributed by atoms with Crippen LogP contribution in [0.15, 0.2) is 71.5 Å². The van der Waals surface area contributed by atoms with Crippen molar-refractivity contribution in [1.82, 2.24) is 30.2 Å². The van der Waals surface area contributed by atoms with E-state index in [0.29, 0.717) is 35.5 Å². The highest BCUT2D eigenvalue weighted by molar-refractivity contribution is 6.74. The highest BCUT2D eigenvalue weighted by atomic mass is 28.4. The fourth-order valence-electron chi connectivity index (χ4n) is 10.3. The van der Waals surface area contributed by atoms with Crippen LogP contribution < -0.4 is 10.9 Å². The summed E-state index contributed by atoms with van der Waals surface area (Å²) in [7, 11) is -2.20. The number of nitrogens with zero attached hydrogens (tertiary/aromatic N) is 4. The first kappa shape index (κ1) is 43.3. The minimum atomic E-state index is -2.20. The van der Waals surface area contributed by atoms with E-state index in [9.17, 15) is 24.9 Å². The summed E-state index contributed by atoms with van der Waals surface area (Å²) in [4.78, 5) is 30.1. The van der Waals surface area contributed by atoms with Crippen molar-refractivity contribution in [2.45, 2.75) is 127 Å². The number of phenols is 1. The normalized spacial score (nSPS) is 19.4. The van der Waals surface area contributed by atoms with Gasteiger partial charge in [0, 0.05) is 37.0 Å². The zero-order valence-electron chi connectivity index (χ0n) is 36.5. The molecule has 2 aliphatic carbocycles. The Morgan fingerprint density at radius 1 is 1.02 bits per heavy atom. The summed E-state index contributed by atoms with van der Waals surface area (Å²) >= 11 is 0. The molecule has 1 aliphatic heterocycles. The summed E-state index contributed by atoms with van der Waals surface area (Å²) < 4.78 is 9.00. The van der Waals surface area contributed by atoms with Crippen molar-refractivity contribution >= 4 is 36.2 Å². The number of carboxylic acid groups (broad SMARTS) is 1. The van der Waals surface area contributed by atoms with Crippen LogP contribution in [0, 0.1) is 11.3 Å².